The fourth-order valence-corrected chi connectivity index (χ4v) is 3.12. The van der Waals surface area contributed by atoms with Crippen LogP contribution in [-0.4, -0.2) is 28.1 Å². The summed E-state index contributed by atoms with van der Waals surface area (Å²) in [5.74, 6) is 1.92. The molecule has 0 bridgehead atoms. The molecule has 1 aliphatic heterocycles. The van der Waals surface area contributed by atoms with Crippen LogP contribution in [0.3, 0.4) is 0 Å². The number of hydrogen-bond donors (Lipinski definition) is 0. The molecule has 2 aromatic rings. The van der Waals surface area contributed by atoms with Crippen LogP contribution < -0.4 is 4.74 Å². The molecule has 1 atom stereocenters. The third kappa shape index (κ3) is 2.92. The van der Waals surface area contributed by atoms with Gasteiger partial charge in [0.15, 0.2) is 0 Å². The van der Waals surface area contributed by atoms with Crippen molar-refractivity contribution in [3.8, 4) is 5.75 Å². The number of hydrogen-bond acceptors (Lipinski definition) is 3. The van der Waals surface area contributed by atoms with Crippen molar-refractivity contribution in [3.63, 3.8) is 0 Å². The van der Waals surface area contributed by atoms with Gasteiger partial charge in [-0.2, -0.15) is 0 Å². The molecule has 1 aliphatic rings. The first-order valence-corrected chi connectivity index (χ1v) is 7.61. The Balaban J connectivity index is 1.77. The molecule has 112 valence electrons. The van der Waals surface area contributed by atoms with Crippen molar-refractivity contribution in [1.82, 2.24) is 14.5 Å². The Hall–Kier alpha value is -1.52. The number of imidazole rings is 1. The average molecular weight is 306 g/mol. The molecule has 0 amide bonds. The molecule has 1 saturated heterocycles. The van der Waals surface area contributed by atoms with Crippen molar-refractivity contribution < 1.29 is 4.74 Å². The van der Waals surface area contributed by atoms with E-state index in [4.69, 9.17) is 16.3 Å². The number of nitrogens with zero attached hydrogens (tertiary/aromatic N) is 3. The van der Waals surface area contributed by atoms with E-state index >= 15 is 0 Å². The highest BCUT2D eigenvalue weighted by Gasteiger charge is 2.27. The minimum absolute atomic E-state index is 0.450. The van der Waals surface area contributed by atoms with Crippen LogP contribution in [-0.2, 0) is 13.6 Å². The number of rotatable bonds is 4. The average Bonchev–Trinajstić information content (AvgIpc) is 3.10. The molecule has 2 heterocycles. The first-order valence-electron chi connectivity index (χ1n) is 7.23. The molecule has 3 rings (SSSR count). The lowest BCUT2D eigenvalue weighted by Crippen LogP contribution is -2.24. The summed E-state index contributed by atoms with van der Waals surface area (Å²) in [5.41, 5.74) is 1.34. The highest BCUT2D eigenvalue weighted by Crippen LogP contribution is 2.33. The van der Waals surface area contributed by atoms with E-state index in [9.17, 15) is 0 Å². The summed E-state index contributed by atoms with van der Waals surface area (Å²) in [7, 11) is 3.66. The van der Waals surface area contributed by atoms with Crippen molar-refractivity contribution in [2.24, 2.45) is 7.05 Å². The highest BCUT2D eigenvalue weighted by atomic mass is 35.5. The topological polar surface area (TPSA) is 30.3 Å². The van der Waals surface area contributed by atoms with E-state index in [0.29, 0.717) is 11.2 Å². The molecule has 0 saturated carbocycles. The van der Waals surface area contributed by atoms with E-state index < -0.39 is 0 Å². The summed E-state index contributed by atoms with van der Waals surface area (Å²) in [6, 6.07) is 8.83. The molecule has 1 unspecified atom stereocenters. The van der Waals surface area contributed by atoms with Crippen LogP contribution in [0.1, 0.15) is 30.3 Å². The zero-order valence-electron chi connectivity index (χ0n) is 12.4. The SMILES string of the molecule is COc1ccc(C2CCCN2Cc2ncc(Cl)n2C)cc1. The summed E-state index contributed by atoms with van der Waals surface area (Å²) in [5, 5.41) is 0.685. The highest BCUT2D eigenvalue weighted by molar-refractivity contribution is 6.29. The second kappa shape index (κ2) is 6.08. The maximum absolute atomic E-state index is 6.07. The molecule has 5 heteroatoms. The Bertz CT molecular complexity index is 608. The third-order valence-electron chi connectivity index (χ3n) is 4.24. The number of halogens is 1. The van der Waals surface area contributed by atoms with Crippen LogP contribution in [0.15, 0.2) is 30.5 Å². The lowest BCUT2D eigenvalue weighted by atomic mass is 10.0. The minimum atomic E-state index is 0.450. The van der Waals surface area contributed by atoms with E-state index in [1.54, 1.807) is 13.3 Å². The number of benzene rings is 1. The van der Waals surface area contributed by atoms with Gasteiger partial charge >= 0.3 is 0 Å². The van der Waals surface area contributed by atoms with Gasteiger partial charge in [0.2, 0.25) is 0 Å². The number of ether oxygens (including phenoxy) is 1. The van der Waals surface area contributed by atoms with Gasteiger partial charge in [-0.3, -0.25) is 4.90 Å². The van der Waals surface area contributed by atoms with Crippen molar-refractivity contribution in [1.29, 1.82) is 0 Å². The molecule has 0 radical (unpaired) electrons. The quantitative estimate of drug-likeness (QED) is 0.867. The first kappa shape index (κ1) is 14.4. The van der Waals surface area contributed by atoms with Gasteiger partial charge in [-0.15, -0.1) is 0 Å². The second-order valence-corrected chi connectivity index (χ2v) is 5.85. The fraction of sp³-hybridized carbons (Fsp3) is 0.438. The van der Waals surface area contributed by atoms with E-state index in [1.807, 2.05) is 23.7 Å². The predicted octanol–water partition coefficient (Wildman–Crippen LogP) is 3.42. The molecule has 1 aromatic carbocycles. The van der Waals surface area contributed by atoms with Crippen LogP contribution in [0.2, 0.25) is 5.15 Å². The maximum Gasteiger partial charge on any atom is 0.128 e. The minimum Gasteiger partial charge on any atom is -0.497 e. The Labute approximate surface area is 130 Å². The van der Waals surface area contributed by atoms with Gasteiger partial charge in [-0.25, -0.2) is 4.98 Å². The Morgan fingerprint density at radius 3 is 2.71 bits per heavy atom. The zero-order valence-corrected chi connectivity index (χ0v) is 13.2. The van der Waals surface area contributed by atoms with E-state index in [1.165, 1.54) is 18.4 Å². The standard InChI is InChI=1S/C16H20ClN3O/c1-19-15(17)10-18-16(19)11-20-9-3-4-14(20)12-5-7-13(21-2)8-6-12/h5-8,10,14H,3-4,9,11H2,1-2H3. The lowest BCUT2D eigenvalue weighted by molar-refractivity contribution is 0.240. The van der Waals surface area contributed by atoms with Crippen molar-refractivity contribution in [2.75, 3.05) is 13.7 Å². The largest absolute Gasteiger partial charge is 0.497 e. The predicted molar refractivity (Wildman–Crippen MR) is 83.6 cm³/mol. The smallest absolute Gasteiger partial charge is 0.128 e. The van der Waals surface area contributed by atoms with E-state index in [0.717, 1.165) is 24.7 Å². The van der Waals surface area contributed by atoms with Gasteiger partial charge in [-0.05, 0) is 37.1 Å². The monoisotopic (exact) mass is 305 g/mol. The van der Waals surface area contributed by atoms with Crippen molar-refractivity contribution in [2.45, 2.75) is 25.4 Å². The van der Waals surface area contributed by atoms with Gasteiger partial charge in [0, 0.05) is 13.1 Å². The van der Waals surface area contributed by atoms with Crippen LogP contribution in [0.5, 0.6) is 5.75 Å². The molecule has 4 nitrogen and oxygen atoms in total. The summed E-state index contributed by atoms with van der Waals surface area (Å²) in [6.07, 6.45) is 4.12. The normalized spacial score (nSPS) is 19.1. The molecule has 0 aliphatic carbocycles. The molecule has 0 N–H and O–H groups in total. The Kier molecular flexibility index (Phi) is 4.17. The van der Waals surface area contributed by atoms with E-state index in [2.05, 4.69) is 22.0 Å². The molecule has 0 spiro atoms. The van der Waals surface area contributed by atoms with Crippen LogP contribution in [0, 0.1) is 0 Å². The summed E-state index contributed by atoms with van der Waals surface area (Å²) in [4.78, 5) is 6.88. The van der Waals surface area contributed by atoms with Crippen LogP contribution in [0.4, 0.5) is 0 Å². The van der Waals surface area contributed by atoms with E-state index in [-0.39, 0.29) is 0 Å². The Morgan fingerprint density at radius 2 is 2.10 bits per heavy atom. The van der Waals surface area contributed by atoms with Gasteiger partial charge in [-0.1, -0.05) is 23.7 Å². The van der Waals surface area contributed by atoms with Gasteiger partial charge < -0.3 is 9.30 Å². The first-order chi connectivity index (χ1) is 10.2. The van der Waals surface area contributed by atoms with Crippen LogP contribution >= 0.6 is 11.6 Å². The van der Waals surface area contributed by atoms with Gasteiger partial charge in [0.25, 0.3) is 0 Å². The van der Waals surface area contributed by atoms with Gasteiger partial charge in [0.1, 0.15) is 16.7 Å². The fourth-order valence-electron chi connectivity index (χ4n) is 2.97. The molecule has 21 heavy (non-hydrogen) atoms. The van der Waals surface area contributed by atoms with Gasteiger partial charge in [0.05, 0.1) is 19.9 Å². The molecular weight excluding hydrogens is 286 g/mol. The maximum atomic E-state index is 6.07. The number of likely N-dealkylation sites (tertiary alicyclic amines) is 1. The zero-order chi connectivity index (χ0) is 14.8. The summed E-state index contributed by atoms with van der Waals surface area (Å²) >= 11 is 6.07. The number of methoxy groups -OCH3 is 1. The second-order valence-electron chi connectivity index (χ2n) is 5.46. The van der Waals surface area contributed by atoms with Crippen molar-refractivity contribution >= 4 is 11.6 Å². The lowest BCUT2D eigenvalue weighted by Gasteiger charge is -2.24. The Morgan fingerprint density at radius 1 is 1.33 bits per heavy atom. The third-order valence-corrected chi connectivity index (χ3v) is 4.59. The molecule has 1 fully saturated rings. The van der Waals surface area contributed by atoms with Crippen LogP contribution in [0.25, 0.3) is 0 Å². The van der Waals surface area contributed by atoms with Crippen molar-refractivity contribution in [3.05, 3.63) is 47.0 Å². The number of aromatic nitrogens is 2. The molecular formula is C16H20ClN3O. The summed E-state index contributed by atoms with van der Waals surface area (Å²) < 4.78 is 7.18. The summed E-state index contributed by atoms with van der Waals surface area (Å²) in [6.45, 7) is 1.93. The molecule has 1 aromatic heterocycles.